The Morgan fingerprint density at radius 2 is 1.93 bits per heavy atom. The van der Waals surface area contributed by atoms with Crippen LogP contribution in [0.4, 0.5) is 0 Å². The molecule has 0 heterocycles. The lowest BCUT2D eigenvalue weighted by Crippen LogP contribution is -2.32. The Morgan fingerprint density at radius 3 is 2.50 bits per heavy atom. The van der Waals surface area contributed by atoms with E-state index in [1.807, 2.05) is 0 Å². The van der Waals surface area contributed by atoms with E-state index >= 15 is 0 Å². The summed E-state index contributed by atoms with van der Waals surface area (Å²) in [6.07, 6.45) is 6.22. The number of fused-ring (bicyclic) bond motifs is 1. The first-order valence-corrected chi connectivity index (χ1v) is 6.08. The average Bonchev–Trinajstić information content (AvgIpc) is 3.07. The lowest BCUT2D eigenvalue weighted by Gasteiger charge is -2.11. The highest BCUT2D eigenvalue weighted by atomic mass is 16.2. The van der Waals surface area contributed by atoms with Crippen molar-refractivity contribution in [3.63, 3.8) is 0 Å². The van der Waals surface area contributed by atoms with Crippen LogP contribution in [-0.4, -0.2) is 11.9 Å². The van der Waals surface area contributed by atoms with Crippen LogP contribution < -0.4 is 5.32 Å². The fourth-order valence-electron chi connectivity index (χ4n) is 3.10. The van der Waals surface area contributed by atoms with Crippen molar-refractivity contribution in [2.75, 3.05) is 0 Å². The van der Waals surface area contributed by atoms with E-state index in [-0.39, 0.29) is 0 Å². The van der Waals surface area contributed by atoms with Crippen molar-refractivity contribution in [3.8, 4) is 0 Å². The second-order valence-corrected chi connectivity index (χ2v) is 5.44. The molecule has 0 aromatic rings. The fourth-order valence-corrected chi connectivity index (χ4v) is 3.10. The van der Waals surface area contributed by atoms with Crippen LogP contribution in [0.1, 0.15) is 39.0 Å². The van der Waals surface area contributed by atoms with E-state index in [0.29, 0.717) is 17.9 Å². The molecular weight excluding hydrogens is 174 g/mol. The minimum Gasteiger partial charge on any atom is -0.353 e. The van der Waals surface area contributed by atoms with Crippen LogP contribution in [0.3, 0.4) is 0 Å². The summed E-state index contributed by atoms with van der Waals surface area (Å²) in [5, 5.41) is 3.20. The summed E-state index contributed by atoms with van der Waals surface area (Å²) in [6.45, 7) is 2.21. The smallest absolute Gasteiger partial charge is 0.223 e. The van der Waals surface area contributed by atoms with Crippen LogP contribution >= 0.6 is 0 Å². The standard InChI is InChI=1S/C12H19NO/c1-2-7-6-11(7)13-12(14)10-4-8-3-9(8)5-10/h7-11H,2-6H2,1H3,(H,13,14). The summed E-state index contributed by atoms with van der Waals surface area (Å²) >= 11 is 0. The topological polar surface area (TPSA) is 29.1 Å². The highest BCUT2D eigenvalue weighted by Crippen LogP contribution is 2.54. The van der Waals surface area contributed by atoms with Crippen LogP contribution in [0.15, 0.2) is 0 Å². The van der Waals surface area contributed by atoms with Gasteiger partial charge in [-0.3, -0.25) is 4.79 Å². The van der Waals surface area contributed by atoms with Gasteiger partial charge in [-0.05, 0) is 43.4 Å². The first kappa shape index (κ1) is 8.75. The molecule has 1 N–H and O–H groups in total. The van der Waals surface area contributed by atoms with Crippen molar-refractivity contribution in [1.82, 2.24) is 5.32 Å². The van der Waals surface area contributed by atoms with Gasteiger partial charge in [-0.1, -0.05) is 13.3 Å². The summed E-state index contributed by atoms with van der Waals surface area (Å²) < 4.78 is 0. The zero-order valence-electron chi connectivity index (χ0n) is 8.83. The summed E-state index contributed by atoms with van der Waals surface area (Å²) in [6, 6.07) is 0.532. The molecule has 3 aliphatic carbocycles. The highest BCUT2D eigenvalue weighted by molar-refractivity contribution is 5.79. The maximum Gasteiger partial charge on any atom is 0.223 e. The highest BCUT2D eigenvalue weighted by Gasteiger charge is 2.49. The molecule has 0 aromatic carbocycles. The number of amides is 1. The molecular formula is C12H19NO. The van der Waals surface area contributed by atoms with Gasteiger partial charge >= 0.3 is 0 Å². The average molecular weight is 193 g/mol. The Kier molecular flexibility index (Phi) is 1.86. The van der Waals surface area contributed by atoms with Gasteiger partial charge in [-0.15, -0.1) is 0 Å². The molecule has 2 nitrogen and oxygen atoms in total. The zero-order chi connectivity index (χ0) is 9.71. The van der Waals surface area contributed by atoms with Crippen molar-refractivity contribution in [3.05, 3.63) is 0 Å². The largest absolute Gasteiger partial charge is 0.353 e. The SMILES string of the molecule is CCC1CC1NC(=O)C1CC2CC2C1. The third kappa shape index (κ3) is 1.45. The van der Waals surface area contributed by atoms with Crippen molar-refractivity contribution < 1.29 is 4.79 Å². The van der Waals surface area contributed by atoms with E-state index in [1.54, 1.807) is 0 Å². The molecule has 2 heteroatoms. The Labute approximate surface area is 85.4 Å². The van der Waals surface area contributed by atoms with Crippen molar-refractivity contribution in [1.29, 1.82) is 0 Å². The zero-order valence-corrected chi connectivity index (χ0v) is 8.83. The van der Waals surface area contributed by atoms with Crippen LogP contribution in [0.5, 0.6) is 0 Å². The predicted molar refractivity (Wildman–Crippen MR) is 54.6 cm³/mol. The molecule has 78 valence electrons. The second-order valence-electron chi connectivity index (χ2n) is 5.44. The summed E-state index contributed by atoms with van der Waals surface area (Å²) in [5.41, 5.74) is 0. The molecule has 3 aliphatic rings. The summed E-state index contributed by atoms with van der Waals surface area (Å²) in [5.74, 6) is 3.36. The molecule has 0 spiro atoms. The van der Waals surface area contributed by atoms with Gasteiger partial charge < -0.3 is 5.32 Å². The summed E-state index contributed by atoms with van der Waals surface area (Å²) in [7, 11) is 0. The quantitative estimate of drug-likeness (QED) is 0.729. The molecule has 4 unspecified atom stereocenters. The second kappa shape index (κ2) is 2.98. The predicted octanol–water partition coefficient (Wildman–Crippen LogP) is 1.95. The molecule has 0 aromatic heterocycles. The van der Waals surface area contributed by atoms with Gasteiger partial charge in [0.25, 0.3) is 0 Å². The summed E-state index contributed by atoms with van der Waals surface area (Å²) in [4.78, 5) is 11.8. The Morgan fingerprint density at radius 1 is 1.21 bits per heavy atom. The third-order valence-electron chi connectivity index (χ3n) is 4.39. The Balaban J connectivity index is 1.47. The molecule has 0 aliphatic heterocycles. The Bertz CT molecular complexity index is 253. The Hall–Kier alpha value is -0.530. The van der Waals surface area contributed by atoms with Crippen LogP contribution in [-0.2, 0) is 4.79 Å². The van der Waals surface area contributed by atoms with Gasteiger partial charge in [0.15, 0.2) is 0 Å². The number of nitrogens with one attached hydrogen (secondary N) is 1. The molecule has 0 bridgehead atoms. The van der Waals surface area contributed by atoms with E-state index < -0.39 is 0 Å². The molecule has 4 atom stereocenters. The molecule has 3 fully saturated rings. The van der Waals surface area contributed by atoms with Gasteiger partial charge in [0, 0.05) is 12.0 Å². The maximum atomic E-state index is 11.8. The first-order valence-electron chi connectivity index (χ1n) is 6.08. The monoisotopic (exact) mass is 193 g/mol. The van der Waals surface area contributed by atoms with Gasteiger partial charge in [0.1, 0.15) is 0 Å². The van der Waals surface area contributed by atoms with Crippen molar-refractivity contribution in [2.45, 2.75) is 45.1 Å². The molecule has 3 rings (SSSR count). The van der Waals surface area contributed by atoms with Crippen LogP contribution in [0, 0.1) is 23.7 Å². The van der Waals surface area contributed by atoms with Crippen molar-refractivity contribution >= 4 is 5.91 Å². The molecule has 14 heavy (non-hydrogen) atoms. The fraction of sp³-hybridized carbons (Fsp3) is 0.917. The minimum atomic E-state index is 0.359. The van der Waals surface area contributed by atoms with Crippen LogP contribution in [0.2, 0.25) is 0 Å². The van der Waals surface area contributed by atoms with E-state index in [4.69, 9.17) is 0 Å². The number of hydrogen-bond acceptors (Lipinski definition) is 1. The molecule has 0 radical (unpaired) electrons. The van der Waals surface area contributed by atoms with Crippen LogP contribution in [0.25, 0.3) is 0 Å². The first-order chi connectivity index (χ1) is 6.78. The molecule has 0 saturated heterocycles. The normalized spacial score (nSPS) is 48.5. The molecule has 3 saturated carbocycles. The van der Waals surface area contributed by atoms with Gasteiger partial charge in [-0.2, -0.15) is 0 Å². The number of hydrogen-bond donors (Lipinski definition) is 1. The van der Waals surface area contributed by atoms with Gasteiger partial charge in [-0.25, -0.2) is 0 Å². The number of carbonyl (C=O) groups is 1. The number of carbonyl (C=O) groups excluding carboxylic acids is 1. The maximum absolute atomic E-state index is 11.8. The van der Waals surface area contributed by atoms with E-state index in [0.717, 1.165) is 17.8 Å². The van der Waals surface area contributed by atoms with Crippen molar-refractivity contribution in [2.24, 2.45) is 23.7 Å². The van der Waals surface area contributed by atoms with Gasteiger partial charge in [0.2, 0.25) is 5.91 Å². The minimum absolute atomic E-state index is 0.359. The van der Waals surface area contributed by atoms with Gasteiger partial charge in [0.05, 0.1) is 0 Å². The van der Waals surface area contributed by atoms with E-state index in [1.165, 1.54) is 32.1 Å². The van der Waals surface area contributed by atoms with E-state index in [9.17, 15) is 4.79 Å². The lowest BCUT2D eigenvalue weighted by molar-refractivity contribution is -0.125. The third-order valence-corrected chi connectivity index (χ3v) is 4.39. The lowest BCUT2D eigenvalue weighted by atomic mass is 10.0. The molecule has 1 amide bonds. The number of rotatable bonds is 3. The van der Waals surface area contributed by atoms with E-state index in [2.05, 4.69) is 12.2 Å².